The average molecular weight is 494 g/mol. The first-order valence-corrected chi connectivity index (χ1v) is 13.0. The monoisotopic (exact) mass is 493 g/mol. The Kier molecular flexibility index (Phi) is 9.31. The lowest BCUT2D eigenvalue weighted by Crippen LogP contribution is -2.51. The van der Waals surface area contributed by atoms with Gasteiger partial charge >= 0.3 is 0 Å². The third kappa shape index (κ3) is 7.47. The van der Waals surface area contributed by atoms with Crippen LogP contribution in [0.15, 0.2) is 42.5 Å². The van der Waals surface area contributed by atoms with Crippen molar-refractivity contribution in [1.29, 1.82) is 0 Å². The third-order valence-electron chi connectivity index (χ3n) is 5.44. The van der Waals surface area contributed by atoms with E-state index >= 15 is 0 Å². The second kappa shape index (κ2) is 11.5. The molecule has 1 N–H and O–H groups in total. The highest BCUT2D eigenvalue weighted by Gasteiger charge is 2.30. The van der Waals surface area contributed by atoms with Crippen molar-refractivity contribution in [3.63, 3.8) is 0 Å². The zero-order valence-electron chi connectivity index (χ0n) is 19.8. The summed E-state index contributed by atoms with van der Waals surface area (Å²) in [7, 11) is -3.75. The number of carbonyl (C=O) groups is 2. The molecular formula is C24H32ClN3O4S. The van der Waals surface area contributed by atoms with Crippen LogP contribution in [-0.4, -0.2) is 50.5 Å². The SMILES string of the molecule is CCCNC(=O)C(C)N(Cc1ccc(Cl)cc1)C(=O)CN(c1ccc(C)c(C)c1)S(C)(=O)=O. The van der Waals surface area contributed by atoms with Gasteiger partial charge in [0.15, 0.2) is 0 Å². The maximum atomic E-state index is 13.4. The fraction of sp³-hybridized carbons (Fsp3) is 0.417. The van der Waals surface area contributed by atoms with E-state index in [2.05, 4.69) is 5.32 Å². The second-order valence-corrected chi connectivity index (χ2v) is 10.5. The van der Waals surface area contributed by atoms with Gasteiger partial charge in [0.1, 0.15) is 12.6 Å². The van der Waals surface area contributed by atoms with Crippen molar-refractivity contribution in [1.82, 2.24) is 10.2 Å². The van der Waals surface area contributed by atoms with Gasteiger partial charge in [-0.1, -0.05) is 36.7 Å². The number of hydrogen-bond donors (Lipinski definition) is 1. The van der Waals surface area contributed by atoms with E-state index in [1.807, 2.05) is 26.8 Å². The highest BCUT2D eigenvalue weighted by Crippen LogP contribution is 2.22. The highest BCUT2D eigenvalue weighted by atomic mass is 35.5. The zero-order chi connectivity index (χ0) is 24.8. The first kappa shape index (κ1) is 26.7. The van der Waals surface area contributed by atoms with Crippen LogP contribution in [0.25, 0.3) is 0 Å². The quantitative estimate of drug-likeness (QED) is 0.547. The maximum Gasteiger partial charge on any atom is 0.244 e. The number of rotatable bonds is 10. The fourth-order valence-electron chi connectivity index (χ4n) is 3.26. The van der Waals surface area contributed by atoms with Crippen molar-refractivity contribution in [2.75, 3.05) is 23.7 Å². The van der Waals surface area contributed by atoms with Crippen LogP contribution in [0.2, 0.25) is 5.02 Å². The van der Waals surface area contributed by atoms with Crippen molar-refractivity contribution in [2.45, 2.75) is 46.7 Å². The molecule has 2 amide bonds. The van der Waals surface area contributed by atoms with Crippen LogP contribution in [0.1, 0.15) is 37.0 Å². The second-order valence-electron chi connectivity index (χ2n) is 8.15. The topological polar surface area (TPSA) is 86.8 Å². The molecule has 2 aromatic rings. The van der Waals surface area contributed by atoms with Crippen LogP contribution < -0.4 is 9.62 Å². The number of aryl methyl sites for hydroxylation is 2. The van der Waals surface area contributed by atoms with Gasteiger partial charge in [0.05, 0.1) is 11.9 Å². The number of hydrogen-bond acceptors (Lipinski definition) is 4. The Labute approximate surface area is 201 Å². The summed E-state index contributed by atoms with van der Waals surface area (Å²) < 4.78 is 26.3. The van der Waals surface area contributed by atoms with E-state index in [-0.39, 0.29) is 12.5 Å². The predicted molar refractivity (Wildman–Crippen MR) is 133 cm³/mol. The van der Waals surface area contributed by atoms with Gasteiger partial charge in [0.2, 0.25) is 21.8 Å². The first-order valence-electron chi connectivity index (χ1n) is 10.8. The number of nitrogens with zero attached hydrogens (tertiary/aromatic N) is 2. The Morgan fingerprint density at radius 3 is 2.24 bits per heavy atom. The summed E-state index contributed by atoms with van der Waals surface area (Å²) >= 11 is 5.97. The van der Waals surface area contributed by atoms with Gasteiger partial charge in [0, 0.05) is 18.1 Å². The molecule has 0 aliphatic rings. The lowest BCUT2D eigenvalue weighted by Gasteiger charge is -2.31. The molecule has 0 aliphatic heterocycles. The molecule has 180 valence electrons. The van der Waals surface area contributed by atoms with Crippen molar-refractivity contribution >= 4 is 39.1 Å². The van der Waals surface area contributed by atoms with Gasteiger partial charge in [0.25, 0.3) is 0 Å². The predicted octanol–water partition coefficient (Wildman–Crippen LogP) is 3.67. The molecule has 0 aromatic heterocycles. The maximum absolute atomic E-state index is 13.4. The minimum absolute atomic E-state index is 0.140. The van der Waals surface area contributed by atoms with Crippen LogP contribution in [0.4, 0.5) is 5.69 Å². The Morgan fingerprint density at radius 1 is 1.06 bits per heavy atom. The van der Waals surface area contributed by atoms with Crippen LogP contribution in [0.5, 0.6) is 0 Å². The minimum Gasteiger partial charge on any atom is -0.354 e. The van der Waals surface area contributed by atoms with E-state index < -0.39 is 28.5 Å². The Morgan fingerprint density at radius 2 is 1.70 bits per heavy atom. The molecule has 0 fully saturated rings. The molecule has 7 nitrogen and oxygen atoms in total. The number of amides is 2. The standard InChI is InChI=1S/C24H32ClN3O4S/c1-6-13-26-24(30)19(4)27(15-20-8-10-21(25)11-9-20)23(29)16-28(33(5,31)32)22-12-7-17(2)18(3)14-22/h7-12,14,19H,6,13,15-16H2,1-5H3,(H,26,30). The van der Waals surface area contributed by atoms with Gasteiger partial charge in [-0.25, -0.2) is 8.42 Å². The van der Waals surface area contributed by atoms with Crippen LogP contribution in [0, 0.1) is 13.8 Å². The molecule has 9 heteroatoms. The van der Waals surface area contributed by atoms with Crippen LogP contribution >= 0.6 is 11.6 Å². The van der Waals surface area contributed by atoms with Gasteiger partial charge in [-0.15, -0.1) is 0 Å². The summed E-state index contributed by atoms with van der Waals surface area (Å²) in [4.78, 5) is 27.5. The smallest absolute Gasteiger partial charge is 0.244 e. The van der Waals surface area contributed by atoms with Gasteiger partial charge in [-0.2, -0.15) is 0 Å². The van der Waals surface area contributed by atoms with E-state index in [0.717, 1.165) is 33.7 Å². The molecule has 33 heavy (non-hydrogen) atoms. The van der Waals surface area contributed by atoms with E-state index in [9.17, 15) is 18.0 Å². The third-order valence-corrected chi connectivity index (χ3v) is 6.83. The summed E-state index contributed by atoms with van der Waals surface area (Å²) in [6.07, 6.45) is 1.83. The Balaban J connectivity index is 2.38. The van der Waals surface area contributed by atoms with E-state index in [4.69, 9.17) is 11.6 Å². The number of anilines is 1. The molecule has 0 spiro atoms. The summed E-state index contributed by atoms with van der Waals surface area (Å²) in [5, 5.41) is 3.36. The largest absolute Gasteiger partial charge is 0.354 e. The fourth-order valence-corrected chi connectivity index (χ4v) is 4.23. The molecule has 0 aliphatic carbocycles. The molecular weight excluding hydrogens is 462 g/mol. The lowest BCUT2D eigenvalue weighted by molar-refractivity contribution is -0.139. The summed E-state index contributed by atoms with van der Waals surface area (Å²) in [6, 6.07) is 11.4. The van der Waals surface area contributed by atoms with Crippen LogP contribution in [-0.2, 0) is 26.2 Å². The number of carbonyl (C=O) groups excluding carboxylic acids is 2. The van der Waals surface area contributed by atoms with E-state index in [0.29, 0.717) is 17.3 Å². The molecule has 0 radical (unpaired) electrons. The van der Waals surface area contributed by atoms with Crippen molar-refractivity contribution in [2.24, 2.45) is 0 Å². The molecule has 2 rings (SSSR count). The van der Waals surface area contributed by atoms with E-state index in [1.54, 1.807) is 43.3 Å². The summed E-state index contributed by atoms with van der Waals surface area (Å²) in [6.45, 7) is 7.61. The molecule has 1 unspecified atom stereocenters. The molecule has 0 saturated carbocycles. The molecule has 0 heterocycles. The number of nitrogens with one attached hydrogen (secondary N) is 1. The molecule has 1 atom stereocenters. The van der Waals surface area contributed by atoms with Crippen molar-refractivity contribution in [3.05, 3.63) is 64.2 Å². The zero-order valence-corrected chi connectivity index (χ0v) is 21.3. The number of benzene rings is 2. The van der Waals surface area contributed by atoms with Gasteiger partial charge < -0.3 is 10.2 Å². The van der Waals surface area contributed by atoms with E-state index in [1.165, 1.54) is 4.90 Å². The summed E-state index contributed by atoms with van der Waals surface area (Å²) in [5.41, 5.74) is 3.12. The number of sulfonamides is 1. The minimum atomic E-state index is -3.75. The lowest BCUT2D eigenvalue weighted by atomic mass is 10.1. The number of halogens is 1. The molecule has 0 bridgehead atoms. The van der Waals surface area contributed by atoms with Crippen LogP contribution in [0.3, 0.4) is 0 Å². The van der Waals surface area contributed by atoms with Gasteiger partial charge in [-0.3, -0.25) is 13.9 Å². The van der Waals surface area contributed by atoms with Crippen molar-refractivity contribution < 1.29 is 18.0 Å². The molecule has 0 saturated heterocycles. The highest BCUT2D eigenvalue weighted by molar-refractivity contribution is 7.92. The molecule has 2 aromatic carbocycles. The van der Waals surface area contributed by atoms with Crippen molar-refractivity contribution in [3.8, 4) is 0 Å². The normalized spacial score (nSPS) is 12.2. The average Bonchev–Trinajstić information content (AvgIpc) is 2.76. The Hall–Kier alpha value is -2.58. The summed E-state index contributed by atoms with van der Waals surface area (Å²) in [5.74, 6) is -0.774. The first-order chi connectivity index (χ1) is 15.4. The van der Waals surface area contributed by atoms with Gasteiger partial charge in [-0.05, 0) is 68.1 Å². The Bertz CT molecular complexity index is 1090.